The van der Waals surface area contributed by atoms with E-state index in [0.29, 0.717) is 18.8 Å². The van der Waals surface area contributed by atoms with E-state index in [9.17, 15) is 19.5 Å². The van der Waals surface area contributed by atoms with Crippen LogP contribution in [0.4, 0.5) is 0 Å². The summed E-state index contributed by atoms with van der Waals surface area (Å²) < 4.78 is 5.13. The van der Waals surface area contributed by atoms with Crippen LogP contribution in [0, 0.1) is 11.3 Å². The van der Waals surface area contributed by atoms with Crippen molar-refractivity contribution in [2.45, 2.75) is 59.5 Å². The molecule has 0 saturated carbocycles. The van der Waals surface area contributed by atoms with Crippen LogP contribution in [0.2, 0.25) is 0 Å². The summed E-state index contributed by atoms with van der Waals surface area (Å²) in [5, 5.41) is 21.1. The summed E-state index contributed by atoms with van der Waals surface area (Å²) in [6.45, 7) is 7.39. The third-order valence-corrected chi connectivity index (χ3v) is 3.39. The lowest BCUT2D eigenvalue weighted by Crippen LogP contribution is -2.46. The Balaban J connectivity index is 4.20. The molecule has 7 heteroatoms. The number of esters is 1. The average Bonchev–Trinajstić information content (AvgIpc) is 2.46. The number of carboxylic acids is 1. The Bertz CT molecular complexity index is 405. The molecule has 0 aliphatic rings. The lowest BCUT2D eigenvalue weighted by atomic mass is 9.87. The second-order valence-corrected chi connectivity index (χ2v) is 6.77. The van der Waals surface area contributed by atoms with Gasteiger partial charge in [0.2, 0.25) is 5.91 Å². The molecule has 0 aliphatic carbocycles. The quantitative estimate of drug-likeness (QED) is 0.389. The van der Waals surface area contributed by atoms with Crippen molar-refractivity contribution in [1.82, 2.24) is 5.32 Å². The Labute approximate surface area is 137 Å². The molecule has 0 spiro atoms. The molecule has 0 bridgehead atoms. The van der Waals surface area contributed by atoms with Crippen LogP contribution in [0.1, 0.15) is 53.4 Å². The van der Waals surface area contributed by atoms with Crippen molar-refractivity contribution in [2.75, 3.05) is 13.2 Å². The minimum atomic E-state index is -1.34. The van der Waals surface area contributed by atoms with Crippen molar-refractivity contribution >= 4 is 17.8 Å². The molecule has 1 atom stereocenters. The summed E-state index contributed by atoms with van der Waals surface area (Å²) in [5.74, 6) is -1.48. The predicted octanol–water partition coefficient (Wildman–Crippen LogP) is 1.33. The van der Waals surface area contributed by atoms with Gasteiger partial charge in [-0.05, 0) is 18.8 Å². The fraction of sp³-hybridized carbons (Fsp3) is 0.812. The predicted molar refractivity (Wildman–Crippen MR) is 84.7 cm³/mol. The molecule has 3 N–H and O–H groups in total. The molecule has 0 heterocycles. The monoisotopic (exact) mass is 331 g/mol. The number of rotatable bonds is 11. The van der Waals surface area contributed by atoms with Gasteiger partial charge in [-0.15, -0.1) is 0 Å². The normalized spacial score (nSPS) is 12.8. The van der Waals surface area contributed by atoms with E-state index in [1.54, 1.807) is 13.8 Å². The Morgan fingerprint density at radius 1 is 1.17 bits per heavy atom. The van der Waals surface area contributed by atoms with E-state index < -0.39 is 23.4 Å². The Kier molecular flexibility index (Phi) is 9.48. The van der Waals surface area contributed by atoms with Crippen molar-refractivity contribution in [2.24, 2.45) is 11.3 Å². The fourth-order valence-corrected chi connectivity index (χ4v) is 1.73. The minimum Gasteiger partial charge on any atom is -0.481 e. The molecule has 0 aromatic rings. The first kappa shape index (κ1) is 21.4. The molecular weight excluding hydrogens is 302 g/mol. The van der Waals surface area contributed by atoms with Gasteiger partial charge in [-0.3, -0.25) is 14.4 Å². The molecule has 23 heavy (non-hydrogen) atoms. The SMILES string of the molecule is CC(C)CCC(=O)OCC(C)(C)C(O)C(=O)NCCCC(=O)O. The van der Waals surface area contributed by atoms with E-state index in [-0.39, 0.29) is 25.5 Å². The zero-order chi connectivity index (χ0) is 18.0. The van der Waals surface area contributed by atoms with Gasteiger partial charge < -0.3 is 20.3 Å². The van der Waals surface area contributed by atoms with Gasteiger partial charge in [0, 0.05) is 24.8 Å². The van der Waals surface area contributed by atoms with Crippen LogP contribution in [0.5, 0.6) is 0 Å². The van der Waals surface area contributed by atoms with Gasteiger partial charge in [-0.2, -0.15) is 0 Å². The number of carboxylic acid groups (broad SMARTS) is 1. The van der Waals surface area contributed by atoms with Crippen molar-refractivity contribution in [3.05, 3.63) is 0 Å². The third kappa shape index (κ3) is 9.89. The topological polar surface area (TPSA) is 113 Å². The highest BCUT2D eigenvalue weighted by Gasteiger charge is 2.34. The van der Waals surface area contributed by atoms with E-state index in [4.69, 9.17) is 9.84 Å². The van der Waals surface area contributed by atoms with Crippen molar-refractivity contribution < 1.29 is 29.3 Å². The second-order valence-electron chi connectivity index (χ2n) is 6.77. The molecule has 0 saturated heterocycles. The summed E-state index contributed by atoms with van der Waals surface area (Å²) in [7, 11) is 0. The van der Waals surface area contributed by atoms with Crippen molar-refractivity contribution in [3.8, 4) is 0 Å². The number of nitrogens with one attached hydrogen (secondary N) is 1. The molecule has 7 nitrogen and oxygen atoms in total. The molecule has 0 radical (unpaired) electrons. The lowest BCUT2D eigenvalue weighted by Gasteiger charge is -2.29. The zero-order valence-electron chi connectivity index (χ0n) is 14.4. The third-order valence-electron chi connectivity index (χ3n) is 3.39. The van der Waals surface area contributed by atoms with Crippen LogP contribution >= 0.6 is 0 Å². The number of aliphatic hydroxyl groups excluding tert-OH is 1. The number of carbonyl (C=O) groups is 3. The van der Waals surface area contributed by atoms with Crippen LogP contribution in [-0.2, 0) is 19.1 Å². The molecule has 0 fully saturated rings. The average molecular weight is 331 g/mol. The molecule has 0 aromatic heterocycles. The first-order valence-electron chi connectivity index (χ1n) is 7.89. The Morgan fingerprint density at radius 2 is 1.78 bits per heavy atom. The fourth-order valence-electron chi connectivity index (χ4n) is 1.73. The maximum absolute atomic E-state index is 11.8. The summed E-state index contributed by atoms with van der Waals surface area (Å²) in [4.78, 5) is 33.8. The summed E-state index contributed by atoms with van der Waals surface area (Å²) in [6, 6.07) is 0. The highest BCUT2D eigenvalue weighted by atomic mass is 16.5. The maximum Gasteiger partial charge on any atom is 0.305 e. The van der Waals surface area contributed by atoms with Gasteiger partial charge in [0.1, 0.15) is 6.10 Å². The first-order chi connectivity index (χ1) is 10.6. The summed E-state index contributed by atoms with van der Waals surface area (Å²) in [6.07, 6.45) is -0.0619. The zero-order valence-corrected chi connectivity index (χ0v) is 14.4. The van der Waals surface area contributed by atoms with E-state index in [1.807, 2.05) is 13.8 Å². The Hall–Kier alpha value is -1.63. The van der Waals surface area contributed by atoms with Gasteiger partial charge in [-0.25, -0.2) is 0 Å². The number of carbonyl (C=O) groups excluding carboxylic acids is 2. The van der Waals surface area contributed by atoms with Crippen LogP contribution < -0.4 is 5.32 Å². The minimum absolute atomic E-state index is 0.0484. The van der Waals surface area contributed by atoms with Crippen LogP contribution in [0.25, 0.3) is 0 Å². The molecular formula is C16H29NO6. The van der Waals surface area contributed by atoms with Gasteiger partial charge in [0.25, 0.3) is 0 Å². The maximum atomic E-state index is 11.8. The molecule has 134 valence electrons. The van der Waals surface area contributed by atoms with Crippen molar-refractivity contribution in [1.29, 1.82) is 0 Å². The van der Waals surface area contributed by atoms with Gasteiger partial charge in [-0.1, -0.05) is 27.7 Å². The number of aliphatic carboxylic acids is 1. The van der Waals surface area contributed by atoms with E-state index in [2.05, 4.69) is 5.32 Å². The second kappa shape index (κ2) is 10.2. The number of hydrogen-bond acceptors (Lipinski definition) is 5. The van der Waals surface area contributed by atoms with Crippen molar-refractivity contribution in [3.63, 3.8) is 0 Å². The van der Waals surface area contributed by atoms with Crippen LogP contribution in [0.3, 0.4) is 0 Å². The Morgan fingerprint density at radius 3 is 2.30 bits per heavy atom. The van der Waals surface area contributed by atoms with E-state index >= 15 is 0 Å². The smallest absolute Gasteiger partial charge is 0.305 e. The number of amides is 1. The molecule has 0 rings (SSSR count). The van der Waals surface area contributed by atoms with Gasteiger partial charge in [0.15, 0.2) is 0 Å². The van der Waals surface area contributed by atoms with E-state index in [0.717, 1.165) is 6.42 Å². The summed E-state index contributed by atoms with van der Waals surface area (Å²) >= 11 is 0. The highest BCUT2D eigenvalue weighted by Crippen LogP contribution is 2.22. The molecule has 1 unspecified atom stereocenters. The first-order valence-corrected chi connectivity index (χ1v) is 7.89. The largest absolute Gasteiger partial charge is 0.481 e. The van der Waals surface area contributed by atoms with Crippen LogP contribution in [-0.4, -0.2) is 47.3 Å². The highest BCUT2D eigenvalue weighted by molar-refractivity contribution is 5.81. The molecule has 0 aromatic carbocycles. The van der Waals surface area contributed by atoms with E-state index in [1.165, 1.54) is 0 Å². The number of ether oxygens (including phenoxy) is 1. The standard InChI is InChI=1S/C16H29NO6/c1-11(2)7-8-13(20)23-10-16(3,4)14(21)15(22)17-9-5-6-12(18)19/h11,14,21H,5-10H2,1-4H3,(H,17,22)(H,18,19). The molecule has 0 aliphatic heterocycles. The summed E-state index contributed by atoms with van der Waals surface area (Å²) in [5.41, 5.74) is -0.926. The number of aliphatic hydroxyl groups is 1. The van der Waals surface area contributed by atoms with Gasteiger partial charge in [0.05, 0.1) is 6.61 Å². The van der Waals surface area contributed by atoms with Gasteiger partial charge >= 0.3 is 11.9 Å². The van der Waals surface area contributed by atoms with Crippen LogP contribution in [0.15, 0.2) is 0 Å². The number of hydrogen-bond donors (Lipinski definition) is 3. The lowest BCUT2D eigenvalue weighted by molar-refractivity contribution is -0.153. The molecule has 1 amide bonds.